The number of fused-ring (bicyclic) bond motifs is 1. The van der Waals surface area contributed by atoms with Crippen molar-refractivity contribution in [1.82, 2.24) is 14.9 Å². The lowest BCUT2D eigenvalue weighted by molar-refractivity contribution is 0.0778. The summed E-state index contributed by atoms with van der Waals surface area (Å²) in [6.45, 7) is 2.15. The molecule has 4 rings (SSSR count). The van der Waals surface area contributed by atoms with Gasteiger partial charge in [0.15, 0.2) is 0 Å². The predicted molar refractivity (Wildman–Crippen MR) is 133 cm³/mol. The zero-order chi connectivity index (χ0) is 25.2. The second-order valence-electron chi connectivity index (χ2n) is 8.31. The molecular weight excluding hydrogens is 464 g/mol. The number of amides is 2. The summed E-state index contributed by atoms with van der Waals surface area (Å²) >= 11 is 0. The predicted octanol–water partition coefficient (Wildman–Crippen LogP) is 3.72. The van der Waals surface area contributed by atoms with E-state index in [4.69, 9.17) is 5.73 Å². The van der Waals surface area contributed by atoms with Crippen LogP contribution in [0.15, 0.2) is 76.7 Å². The topological polar surface area (TPSA) is 126 Å². The van der Waals surface area contributed by atoms with E-state index < -0.39 is 21.7 Å². The van der Waals surface area contributed by atoms with E-state index in [0.29, 0.717) is 6.42 Å². The minimum atomic E-state index is -4.10. The lowest BCUT2D eigenvalue weighted by Gasteiger charge is -2.18. The standard InChI is InChI=1S/C26H26N4O4S/c1-3-8-20-22(26(32)30(2)16-17-12-13-21-18(15-17)9-7-14-28-21)29-23(25(27)31)24(20)35(33,34)19-10-5-4-6-11-19/h4-7,9-15,29H,3,8,16H2,1-2H3,(H2,27,31). The number of nitrogens with one attached hydrogen (secondary N) is 1. The number of rotatable bonds is 8. The highest BCUT2D eigenvalue weighted by Gasteiger charge is 2.34. The van der Waals surface area contributed by atoms with Crippen LogP contribution in [0, 0.1) is 0 Å². The van der Waals surface area contributed by atoms with Crippen LogP contribution in [-0.4, -0.2) is 42.1 Å². The van der Waals surface area contributed by atoms with Gasteiger partial charge in [-0.1, -0.05) is 43.7 Å². The summed E-state index contributed by atoms with van der Waals surface area (Å²) in [4.78, 5) is 34.1. The number of aromatic nitrogens is 2. The molecule has 0 fully saturated rings. The molecule has 180 valence electrons. The number of hydrogen-bond acceptors (Lipinski definition) is 5. The average Bonchev–Trinajstić information content (AvgIpc) is 3.24. The maximum atomic E-state index is 13.5. The monoisotopic (exact) mass is 490 g/mol. The summed E-state index contributed by atoms with van der Waals surface area (Å²) in [5.41, 5.74) is 7.33. The average molecular weight is 491 g/mol. The van der Waals surface area contributed by atoms with E-state index in [1.807, 2.05) is 37.3 Å². The molecule has 9 heteroatoms. The van der Waals surface area contributed by atoms with Crippen LogP contribution in [-0.2, 0) is 22.8 Å². The van der Waals surface area contributed by atoms with Gasteiger partial charge in [-0.15, -0.1) is 0 Å². The number of primary amides is 1. The molecule has 35 heavy (non-hydrogen) atoms. The highest BCUT2D eigenvalue weighted by atomic mass is 32.2. The van der Waals surface area contributed by atoms with Crippen molar-refractivity contribution in [2.75, 3.05) is 7.05 Å². The van der Waals surface area contributed by atoms with Crippen molar-refractivity contribution in [3.05, 3.63) is 89.4 Å². The van der Waals surface area contributed by atoms with Crippen LogP contribution in [0.5, 0.6) is 0 Å². The van der Waals surface area contributed by atoms with Gasteiger partial charge >= 0.3 is 0 Å². The van der Waals surface area contributed by atoms with Gasteiger partial charge in [0.1, 0.15) is 16.3 Å². The molecule has 3 N–H and O–H groups in total. The van der Waals surface area contributed by atoms with Crippen molar-refractivity contribution in [1.29, 1.82) is 0 Å². The van der Waals surface area contributed by atoms with Crippen molar-refractivity contribution in [3.8, 4) is 0 Å². The van der Waals surface area contributed by atoms with E-state index in [1.54, 1.807) is 31.4 Å². The minimum absolute atomic E-state index is 0.0241. The molecule has 2 aromatic heterocycles. The van der Waals surface area contributed by atoms with Gasteiger partial charge in [0.2, 0.25) is 9.84 Å². The van der Waals surface area contributed by atoms with Crippen LogP contribution in [0.25, 0.3) is 10.9 Å². The number of nitrogens with two attached hydrogens (primary N) is 1. The summed E-state index contributed by atoms with van der Waals surface area (Å²) in [6.07, 6.45) is 2.56. The maximum absolute atomic E-state index is 13.5. The van der Waals surface area contributed by atoms with E-state index in [0.717, 1.165) is 16.5 Å². The molecule has 2 amide bonds. The van der Waals surface area contributed by atoms with Crippen LogP contribution in [0.1, 0.15) is 45.4 Å². The van der Waals surface area contributed by atoms with Crippen LogP contribution in [0.2, 0.25) is 0 Å². The summed E-state index contributed by atoms with van der Waals surface area (Å²) in [7, 11) is -2.47. The molecule has 0 atom stereocenters. The number of pyridine rings is 1. The third-order valence-corrected chi connectivity index (χ3v) is 7.65. The summed E-state index contributed by atoms with van der Waals surface area (Å²) in [6, 6.07) is 17.3. The van der Waals surface area contributed by atoms with Gasteiger partial charge in [-0.05, 0) is 42.3 Å². The fourth-order valence-electron chi connectivity index (χ4n) is 4.14. The Labute approximate surface area is 203 Å². The molecule has 0 saturated carbocycles. The lowest BCUT2D eigenvalue weighted by Crippen LogP contribution is -2.27. The number of sulfone groups is 1. The summed E-state index contributed by atoms with van der Waals surface area (Å²) in [5.74, 6) is -1.38. The first-order valence-corrected chi connectivity index (χ1v) is 12.7. The molecule has 0 bridgehead atoms. The van der Waals surface area contributed by atoms with E-state index in [2.05, 4.69) is 9.97 Å². The van der Waals surface area contributed by atoms with E-state index >= 15 is 0 Å². The second-order valence-corrected chi connectivity index (χ2v) is 10.2. The normalized spacial score (nSPS) is 11.5. The van der Waals surface area contributed by atoms with Crippen LogP contribution < -0.4 is 5.73 Å². The Morgan fingerprint density at radius 2 is 1.77 bits per heavy atom. The summed E-state index contributed by atoms with van der Waals surface area (Å²) < 4.78 is 27.0. The van der Waals surface area contributed by atoms with Crippen molar-refractivity contribution in [2.24, 2.45) is 5.73 Å². The van der Waals surface area contributed by atoms with Gasteiger partial charge in [-0.2, -0.15) is 0 Å². The number of carbonyl (C=O) groups is 2. The van der Waals surface area contributed by atoms with Crippen LogP contribution in [0.4, 0.5) is 0 Å². The van der Waals surface area contributed by atoms with Gasteiger partial charge in [0.25, 0.3) is 11.8 Å². The molecule has 0 unspecified atom stereocenters. The third-order valence-electron chi connectivity index (χ3n) is 5.77. The Balaban J connectivity index is 1.76. The molecule has 0 radical (unpaired) electrons. The summed E-state index contributed by atoms with van der Waals surface area (Å²) in [5, 5.41) is 0.949. The molecule has 2 aromatic carbocycles. The van der Waals surface area contributed by atoms with E-state index in [-0.39, 0.29) is 39.7 Å². The molecular formula is C26H26N4O4S. The molecule has 8 nitrogen and oxygen atoms in total. The Hall–Kier alpha value is -3.98. The van der Waals surface area contributed by atoms with Crippen LogP contribution >= 0.6 is 0 Å². The molecule has 0 spiro atoms. The van der Waals surface area contributed by atoms with Gasteiger partial charge in [-0.25, -0.2) is 8.42 Å². The molecule has 4 aromatic rings. The fraction of sp³-hybridized carbons (Fsp3) is 0.192. The first-order chi connectivity index (χ1) is 16.7. The molecule has 0 aliphatic heterocycles. The smallest absolute Gasteiger partial charge is 0.270 e. The molecule has 0 aliphatic rings. The number of H-pyrrole nitrogens is 1. The largest absolute Gasteiger partial charge is 0.364 e. The van der Waals surface area contributed by atoms with Crippen molar-refractivity contribution in [2.45, 2.75) is 36.1 Å². The number of carbonyl (C=O) groups excluding carboxylic acids is 2. The Bertz CT molecular complexity index is 1510. The van der Waals surface area contributed by atoms with Gasteiger partial charge < -0.3 is 15.6 Å². The number of hydrogen-bond donors (Lipinski definition) is 2. The highest BCUT2D eigenvalue weighted by Crippen LogP contribution is 2.32. The van der Waals surface area contributed by atoms with Gasteiger partial charge in [0, 0.05) is 30.7 Å². The second kappa shape index (κ2) is 9.71. The van der Waals surface area contributed by atoms with E-state index in [1.165, 1.54) is 17.0 Å². The van der Waals surface area contributed by atoms with Crippen molar-refractivity contribution < 1.29 is 18.0 Å². The van der Waals surface area contributed by atoms with Crippen molar-refractivity contribution in [3.63, 3.8) is 0 Å². The number of aromatic amines is 1. The van der Waals surface area contributed by atoms with Crippen LogP contribution in [0.3, 0.4) is 0 Å². The maximum Gasteiger partial charge on any atom is 0.270 e. The molecule has 0 aliphatic carbocycles. The van der Waals surface area contributed by atoms with Gasteiger partial charge in [-0.3, -0.25) is 14.6 Å². The zero-order valence-electron chi connectivity index (χ0n) is 19.5. The molecule has 0 saturated heterocycles. The Morgan fingerprint density at radius 3 is 2.46 bits per heavy atom. The zero-order valence-corrected chi connectivity index (χ0v) is 20.3. The first kappa shape index (κ1) is 24.2. The first-order valence-electron chi connectivity index (χ1n) is 11.2. The van der Waals surface area contributed by atoms with Gasteiger partial charge in [0.05, 0.1) is 10.4 Å². The SMILES string of the molecule is CCCc1c(C(=O)N(C)Cc2ccc3ncccc3c2)[nH]c(C(N)=O)c1S(=O)(=O)c1ccccc1. The lowest BCUT2D eigenvalue weighted by atomic mass is 10.1. The quantitative estimate of drug-likeness (QED) is 0.389. The van der Waals surface area contributed by atoms with E-state index in [9.17, 15) is 18.0 Å². The van der Waals surface area contributed by atoms with Crippen molar-refractivity contribution >= 4 is 32.6 Å². The molecule has 2 heterocycles. The number of nitrogens with zero attached hydrogens (tertiary/aromatic N) is 2. The Morgan fingerprint density at radius 1 is 1.03 bits per heavy atom. The Kier molecular flexibility index (Phi) is 6.70. The minimum Gasteiger partial charge on any atom is -0.364 e. The fourth-order valence-corrected chi connectivity index (χ4v) is 5.84. The third kappa shape index (κ3) is 4.67. The number of benzene rings is 2. The highest BCUT2D eigenvalue weighted by molar-refractivity contribution is 7.91.